The average molecular weight is 376 g/mol. The van der Waals surface area contributed by atoms with E-state index in [-0.39, 0.29) is 0 Å². The van der Waals surface area contributed by atoms with Crippen molar-refractivity contribution in [3.63, 3.8) is 0 Å². The van der Waals surface area contributed by atoms with Crippen LogP contribution in [0.1, 0.15) is 17.5 Å². The number of amides is 6. The first-order chi connectivity index (χ1) is 12.3. The Bertz CT molecular complexity index is 789. The topological polar surface area (TPSA) is 108 Å². The number of nitrogens with one attached hydrogen (secondary N) is 3. The maximum atomic E-state index is 12.5. The Morgan fingerprint density at radius 3 is 2.69 bits per heavy atom. The number of anilines is 1. The highest BCUT2D eigenvalue weighted by Crippen LogP contribution is 2.33. The van der Waals surface area contributed by atoms with Gasteiger partial charge in [-0.3, -0.25) is 19.8 Å². The Kier molecular flexibility index (Phi) is 4.90. The highest BCUT2D eigenvalue weighted by Gasteiger charge is 2.53. The van der Waals surface area contributed by atoms with Crippen LogP contribution in [0, 0.1) is 13.8 Å². The van der Waals surface area contributed by atoms with Gasteiger partial charge in [-0.1, -0.05) is 6.07 Å². The van der Waals surface area contributed by atoms with Crippen molar-refractivity contribution in [2.24, 2.45) is 0 Å². The largest absolute Gasteiger partial charge is 0.325 e. The minimum absolute atomic E-state index is 0.405. The molecular weight excluding hydrogens is 356 g/mol. The smallest absolute Gasteiger partial charge is 0.322 e. The molecule has 26 heavy (non-hydrogen) atoms. The normalized spacial score (nSPS) is 21.8. The number of nitrogens with zero attached hydrogens (tertiary/aromatic N) is 1. The predicted octanol–water partition coefficient (Wildman–Crippen LogP) is 1.38. The number of rotatable bonds is 3. The van der Waals surface area contributed by atoms with Crippen LogP contribution in [-0.4, -0.2) is 52.4 Å². The quantitative estimate of drug-likeness (QED) is 0.691. The van der Waals surface area contributed by atoms with Crippen molar-refractivity contribution in [2.75, 3.05) is 23.4 Å². The Hall–Kier alpha value is -2.55. The van der Waals surface area contributed by atoms with Crippen LogP contribution in [0.15, 0.2) is 18.2 Å². The van der Waals surface area contributed by atoms with Crippen molar-refractivity contribution >= 4 is 41.3 Å². The van der Waals surface area contributed by atoms with Crippen LogP contribution in [-0.2, 0) is 9.59 Å². The molecule has 9 heteroatoms. The summed E-state index contributed by atoms with van der Waals surface area (Å²) in [7, 11) is 0. The van der Waals surface area contributed by atoms with Gasteiger partial charge in [0.15, 0.2) is 0 Å². The fraction of sp³-hybridized carbons (Fsp3) is 0.412. The van der Waals surface area contributed by atoms with Crippen LogP contribution in [0.2, 0.25) is 0 Å². The molecule has 1 atom stereocenters. The van der Waals surface area contributed by atoms with Gasteiger partial charge in [0.2, 0.25) is 5.91 Å². The number of carbonyl (C=O) groups excluding carboxylic acids is 4. The summed E-state index contributed by atoms with van der Waals surface area (Å²) in [5.41, 5.74) is 1.75. The summed E-state index contributed by atoms with van der Waals surface area (Å²) in [5, 5.41) is 7.38. The van der Waals surface area contributed by atoms with Gasteiger partial charge in [-0.15, -0.1) is 0 Å². The van der Waals surface area contributed by atoms with Crippen LogP contribution in [0.5, 0.6) is 0 Å². The summed E-state index contributed by atoms with van der Waals surface area (Å²) in [6.45, 7) is 3.38. The van der Waals surface area contributed by atoms with Crippen LogP contribution < -0.4 is 16.0 Å². The van der Waals surface area contributed by atoms with E-state index in [2.05, 4.69) is 16.0 Å². The molecular formula is C17H20N4O4S. The molecule has 1 aromatic carbocycles. The summed E-state index contributed by atoms with van der Waals surface area (Å²) in [4.78, 5) is 49.4. The lowest BCUT2D eigenvalue weighted by molar-refractivity contribution is -0.134. The molecule has 1 spiro atoms. The Balaban J connectivity index is 1.56. The molecule has 3 rings (SSSR count). The summed E-state index contributed by atoms with van der Waals surface area (Å²) < 4.78 is 0. The zero-order valence-corrected chi connectivity index (χ0v) is 15.4. The Morgan fingerprint density at radius 2 is 2.04 bits per heavy atom. The van der Waals surface area contributed by atoms with Crippen molar-refractivity contribution in [2.45, 2.75) is 25.8 Å². The molecule has 6 amide bonds. The maximum Gasteiger partial charge on any atom is 0.325 e. The zero-order chi connectivity index (χ0) is 18.9. The number of urea groups is 2. The lowest BCUT2D eigenvalue weighted by atomic mass is 9.99. The molecule has 0 saturated carbocycles. The summed E-state index contributed by atoms with van der Waals surface area (Å²) in [6, 6.07) is 4.07. The van der Waals surface area contributed by atoms with Gasteiger partial charge in [0.25, 0.3) is 5.91 Å². The van der Waals surface area contributed by atoms with E-state index < -0.39 is 36.0 Å². The summed E-state index contributed by atoms with van der Waals surface area (Å²) in [5.74, 6) is 0.155. The molecule has 8 nitrogen and oxygen atoms in total. The molecule has 0 radical (unpaired) electrons. The number of aryl methyl sites for hydroxylation is 2. The van der Waals surface area contributed by atoms with Gasteiger partial charge >= 0.3 is 12.1 Å². The molecule has 2 aliphatic heterocycles. The molecule has 1 unspecified atom stereocenters. The van der Waals surface area contributed by atoms with E-state index in [4.69, 9.17) is 0 Å². The van der Waals surface area contributed by atoms with E-state index in [0.29, 0.717) is 17.9 Å². The first kappa shape index (κ1) is 18.2. The number of hydrogen-bond acceptors (Lipinski definition) is 5. The van der Waals surface area contributed by atoms with Gasteiger partial charge in [0, 0.05) is 11.4 Å². The Morgan fingerprint density at radius 1 is 1.27 bits per heavy atom. The van der Waals surface area contributed by atoms with Gasteiger partial charge in [-0.25, -0.2) is 9.59 Å². The highest BCUT2D eigenvalue weighted by atomic mass is 32.2. The number of benzene rings is 1. The van der Waals surface area contributed by atoms with E-state index in [0.717, 1.165) is 21.8 Å². The lowest BCUT2D eigenvalue weighted by Crippen LogP contribution is -2.48. The van der Waals surface area contributed by atoms with Crippen molar-refractivity contribution in [1.29, 1.82) is 0 Å². The van der Waals surface area contributed by atoms with E-state index in [9.17, 15) is 19.2 Å². The molecule has 2 saturated heterocycles. The van der Waals surface area contributed by atoms with Gasteiger partial charge in [0.05, 0.1) is 0 Å². The van der Waals surface area contributed by atoms with Crippen molar-refractivity contribution in [1.82, 2.24) is 15.5 Å². The lowest BCUT2D eigenvalue weighted by Gasteiger charge is -2.19. The molecule has 0 bridgehead atoms. The Labute approximate surface area is 155 Å². The van der Waals surface area contributed by atoms with E-state index in [1.807, 2.05) is 19.9 Å². The van der Waals surface area contributed by atoms with Crippen LogP contribution in [0.25, 0.3) is 0 Å². The van der Waals surface area contributed by atoms with Gasteiger partial charge < -0.3 is 10.6 Å². The van der Waals surface area contributed by atoms with Crippen LogP contribution >= 0.6 is 11.8 Å². The molecule has 2 aliphatic rings. The molecule has 2 fully saturated rings. The molecule has 0 aliphatic carbocycles. The van der Waals surface area contributed by atoms with Gasteiger partial charge in [-0.05, 0) is 49.3 Å². The average Bonchev–Trinajstić information content (AvgIpc) is 3.12. The standard InChI is InChI=1S/C17H20N4O4S/c1-10-3-4-12(7-11(10)2)18-15(24)19-13(22)8-21-14(23)17(20-16(21)25)5-6-26-9-17/h3-4,7H,5-6,8-9H2,1-2H3,(H,20,25)(H2,18,19,22,24). The second kappa shape index (κ2) is 6.99. The van der Waals surface area contributed by atoms with Crippen LogP contribution in [0.3, 0.4) is 0 Å². The molecule has 2 heterocycles. The number of imide groups is 2. The number of hydrogen-bond donors (Lipinski definition) is 3. The third kappa shape index (κ3) is 3.52. The third-order valence-electron chi connectivity index (χ3n) is 4.59. The fourth-order valence-corrected chi connectivity index (χ4v) is 4.27. The van der Waals surface area contributed by atoms with Gasteiger partial charge in [-0.2, -0.15) is 11.8 Å². The maximum absolute atomic E-state index is 12.5. The molecule has 3 N–H and O–H groups in total. The van der Waals surface area contributed by atoms with Gasteiger partial charge in [0.1, 0.15) is 12.1 Å². The number of carbonyl (C=O) groups is 4. The SMILES string of the molecule is Cc1ccc(NC(=O)NC(=O)CN2C(=O)NC3(CCSC3)C2=O)cc1C. The van der Waals surface area contributed by atoms with E-state index >= 15 is 0 Å². The minimum Gasteiger partial charge on any atom is -0.322 e. The fourth-order valence-electron chi connectivity index (χ4n) is 2.94. The first-order valence-corrected chi connectivity index (χ1v) is 9.36. The molecule has 0 aromatic heterocycles. The van der Waals surface area contributed by atoms with E-state index in [1.165, 1.54) is 0 Å². The number of thioether (sulfide) groups is 1. The van der Waals surface area contributed by atoms with Crippen molar-refractivity contribution < 1.29 is 19.2 Å². The monoisotopic (exact) mass is 376 g/mol. The second-order valence-electron chi connectivity index (χ2n) is 6.51. The molecule has 1 aromatic rings. The molecule has 138 valence electrons. The summed E-state index contributed by atoms with van der Waals surface area (Å²) in [6.07, 6.45) is 0.549. The summed E-state index contributed by atoms with van der Waals surface area (Å²) >= 11 is 1.58. The predicted molar refractivity (Wildman–Crippen MR) is 98.0 cm³/mol. The minimum atomic E-state index is -0.899. The zero-order valence-electron chi connectivity index (χ0n) is 14.5. The van der Waals surface area contributed by atoms with Crippen molar-refractivity contribution in [3.05, 3.63) is 29.3 Å². The van der Waals surface area contributed by atoms with E-state index in [1.54, 1.807) is 23.9 Å². The second-order valence-corrected chi connectivity index (χ2v) is 7.61. The van der Waals surface area contributed by atoms with Crippen LogP contribution in [0.4, 0.5) is 15.3 Å². The highest BCUT2D eigenvalue weighted by molar-refractivity contribution is 7.99. The third-order valence-corrected chi connectivity index (χ3v) is 5.78. The first-order valence-electron chi connectivity index (χ1n) is 8.21. The van der Waals surface area contributed by atoms with Crippen molar-refractivity contribution in [3.8, 4) is 0 Å².